The summed E-state index contributed by atoms with van der Waals surface area (Å²) in [6.45, 7) is 0. The van der Waals surface area contributed by atoms with Gasteiger partial charge in [-0.25, -0.2) is 12.7 Å². The lowest BCUT2D eigenvalue weighted by molar-refractivity contribution is 0.595. The van der Waals surface area contributed by atoms with E-state index in [2.05, 4.69) is 12.1 Å². The normalized spacial score (nSPS) is 41.0. The molecule has 1 aliphatic rings. The third-order valence-corrected chi connectivity index (χ3v) is 10.0. The molecule has 12 heteroatoms. The van der Waals surface area contributed by atoms with Crippen LogP contribution in [0.15, 0.2) is 12.1 Å². The lowest BCUT2D eigenvalue weighted by atomic mass is 11.3. The molecule has 0 amide bonds. The third-order valence-electron chi connectivity index (χ3n) is 1.07. The smallest absolute Gasteiger partial charge is 0.208 e. The highest BCUT2D eigenvalue weighted by Gasteiger charge is 2.28. The van der Waals surface area contributed by atoms with Gasteiger partial charge < -0.3 is 0 Å². The molecule has 0 N–H and O–H groups in total. The summed E-state index contributed by atoms with van der Waals surface area (Å²) in [4.78, 5) is 0. The van der Waals surface area contributed by atoms with Crippen LogP contribution in [-0.2, 0) is 19.2 Å². The summed E-state index contributed by atoms with van der Waals surface area (Å²) in [6.07, 6.45) is 0. The van der Waals surface area contributed by atoms with Crippen LogP contribution in [0.4, 0.5) is 0 Å². The third kappa shape index (κ3) is 2.98. The minimum Gasteiger partial charge on any atom is -0.208 e. The van der Waals surface area contributed by atoms with E-state index in [4.69, 9.17) is 33.2 Å². The van der Waals surface area contributed by atoms with Crippen LogP contribution in [0.5, 0.6) is 0 Å². The average Bonchev–Trinajstić information content (AvgIpc) is 1.76. The Labute approximate surface area is 96.9 Å². The van der Waals surface area contributed by atoms with Crippen LogP contribution in [0.3, 0.4) is 0 Å². The van der Waals surface area contributed by atoms with E-state index in [1.165, 1.54) is 14.1 Å². The van der Waals surface area contributed by atoms with Gasteiger partial charge in [-0.3, -0.25) is 0 Å². The van der Waals surface area contributed by atoms with Gasteiger partial charge in [-0.05, 0) is 22.5 Å². The van der Waals surface area contributed by atoms with Gasteiger partial charge in [-0.2, -0.15) is 0 Å². The number of halogens is 3. The molecule has 0 saturated heterocycles. The molecule has 0 bridgehead atoms. The Morgan fingerprint density at radius 3 is 2.14 bits per heavy atom. The first-order chi connectivity index (χ1) is 6.06. The minimum absolute atomic E-state index is 1.14. The van der Waals surface area contributed by atoms with Crippen molar-refractivity contribution >= 4 is 58.3 Å². The highest BCUT2D eigenvalue weighted by molar-refractivity contribution is 8.26. The average molecular weight is 320 g/mol. The topological polar surface area (TPSA) is 74.5 Å². The lowest BCUT2D eigenvalue weighted by Crippen LogP contribution is -2.20. The van der Waals surface area contributed by atoms with E-state index in [0.717, 1.165) is 4.31 Å². The van der Waals surface area contributed by atoms with Gasteiger partial charge in [0, 0.05) is 24.8 Å². The highest BCUT2D eigenvalue weighted by atomic mass is 35.9. The Morgan fingerprint density at radius 1 is 1.29 bits per heavy atom. The number of nitrogens with zero attached hydrogens (tertiary/aromatic N) is 4. The van der Waals surface area contributed by atoms with Crippen molar-refractivity contribution < 1.29 is 8.42 Å². The van der Waals surface area contributed by atoms with E-state index >= 15 is 0 Å². The van der Waals surface area contributed by atoms with Crippen LogP contribution in [-0.4, -0.2) is 26.8 Å². The molecule has 0 aromatic rings. The van der Waals surface area contributed by atoms with Crippen molar-refractivity contribution in [1.29, 1.82) is 0 Å². The quantitative estimate of drug-likeness (QED) is 0.550. The van der Waals surface area contributed by atoms with Gasteiger partial charge in [0.15, 0.2) is 0 Å². The maximum atomic E-state index is 11.9. The maximum Gasteiger partial charge on any atom is 0.274 e. The van der Waals surface area contributed by atoms with E-state index in [-0.39, 0.29) is 0 Å². The molecular formula is C2H6Cl3N4O2PS2. The Kier molecular flexibility index (Phi) is 3.50. The van der Waals surface area contributed by atoms with Crippen molar-refractivity contribution in [2.24, 2.45) is 12.1 Å². The molecule has 2 unspecified atom stereocenters. The lowest BCUT2D eigenvalue weighted by Gasteiger charge is -2.17. The molecule has 0 fully saturated rings. The molecule has 0 spiro atoms. The van der Waals surface area contributed by atoms with E-state index in [0.29, 0.717) is 0 Å². The molecule has 2 atom stereocenters. The molecule has 1 heterocycles. The molecular weight excluding hydrogens is 314 g/mol. The first kappa shape index (κ1) is 13.0. The monoisotopic (exact) mass is 318 g/mol. The second kappa shape index (κ2) is 3.76. The van der Waals surface area contributed by atoms with E-state index in [1.54, 1.807) is 0 Å². The second-order valence-electron chi connectivity index (χ2n) is 2.41. The molecule has 1 aliphatic heterocycles. The molecule has 0 saturated carbocycles. The van der Waals surface area contributed by atoms with Crippen LogP contribution in [0.25, 0.3) is 0 Å². The number of rotatable bonds is 1. The van der Waals surface area contributed by atoms with Crippen LogP contribution in [0.2, 0.25) is 0 Å². The zero-order valence-electron chi connectivity index (χ0n) is 7.00. The molecule has 84 valence electrons. The Hall–Kier alpha value is 0.960. The number of hydrogen-bond acceptors (Lipinski definition) is 3. The Balaban J connectivity index is 3.67. The van der Waals surface area contributed by atoms with Crippen molar-refractivity contribution in [3.8, 4) is 0 Å². The van der Waals surface area contributed by atoms with Crippen molar-refractivity contribution in [2.45, 2.75) is 0 Å². The molecule has 14 heavy (non-hydrogen) atoms. The molecule has 0 aromatic carbocycles. The SMILES string of the molecule is CN(C)S1(=O)=NS(=O)(Cl)=NP(Cl)(Cl)=N1. The molecule has 0 aliphatic carbocycles. The van der Waals surface area contributed by atoms with Crippen LogP contribution in [0, 0.1) is 0 Å². The minimum atomic E-state index is -3.50. The van der Waals surface area contributed by atoms with Crippen molar-refractivity contribution in [3.05, 3.63) is 0 Å². The van der Waals surface area contributed by atoms with Gasteiger partial charge in [0.2, 0.25) is 10.1 Å². The predicted molar refractivity (Wildman–Crippen MR) is 61.7 cm³/mol. The molecule has 0 radical (unpaired) electrons. The molecule has 1 rings (SSSR count). The van der Waals surface area contributed by atoms with Crippen LogP contribution in [0.1, 0.15) is 0 Å². The van der Waals surface area contributed by atoms with Crippen LogP contribution < -0.4 is 0 Å². The summed E-state index contributed by atoms with van der Waals surface area (Å²) in [7, 11) is 1.48. The largest absolute Gasteiger partial charge is 0.274 e. The van der Waals surface area contributed by atoms with Crippen molar-refractivity contribution in [1.82, 2.24) is 4.31 Å². The maximum absolute atomic E-state index is 11.9. The van der Waals surface area contributed by atoms with Crippen molar-refractivity contribution in [2.75, 3.05) is 14.1 Å². The van der Waals surface area contributed by atoms with Gasteiger partial charge in [0.05, 0.1) is 0 Å². The predicted octanol–water partition coefficient (Wildman–Crippen LogP) is 2.82. The standard InChI is InChI=1S/C2H6Cl3N4O2PS2/c1-9(2)14(11)7-12(3,4)6-13(5,10)8-14/h1-2H3. The second-order valence-corrected chi connectivity index (χ2v) is 12.3. The van der Waals surface area contributed by atoms with E-state index < -0.39 is 25.1 Å². The first-order valence-corrected chi connectivity index (χ1v) is 10.3. The van der Waals surface area contributed by atoms with Gasteiger partial charge in [0.25, 0.3) is 15.0 Å². The first-order valence-electron chi connectivity index (χ1n) is 3.03. The summed E-state index contributed by atoms with van der Waals surface area (Å²) < 4.78 is 34.5. The Morgan fingerprint density at radius 2 is 1.79 bits per heavy atom. The summed E-state index contributed by atoms with van der Waals surface area (Å²) >= 11 is 11.2. The molecule has 6 nitrogen and oxygen atoms in total. The van der Waals surface area contributed by atoms with Gasteiger partial charge in [-0.15, -0.1) is 8.28 Å². The summed E-state index contributed by atoms with van der Waals surface area (Å²) in [5, 5.41) is 0. The summed E-state index contributed by atoms with van der Waals surface area (Å²) in [5.74, 6) is -3.26. The zero-order valence-corrected chi connectivity index (χ0v) is 11.8. The highest BCUT2D eigenvalue weighted by Crippen LogP contribution is 2.65. The van der Waals surface area contributed by atoms with E-state index in [1.807, 2.05) is 0 Å². The van der Waals surface area contributed by atoms with E-state index in [9.17, 15) is 8.42 Å². The fourth-order valence-corrected chi connectivity index (χ4v) is 10.8. The zero-order chi connectivity index (χ0) is 11.2. The van der Waals surface area contributed by atoms with Gasteiger partial charge in [-0.1, -0.05) is 3.77 Å². The van der Waals surface area contributed by atoms with Gasteiger partial charge >= 0.3 is 0 Å². The fourth-order valence-electron chi connectivity index (χ4n) is 0.553. The fraction of sp³-hybridized carbons (Fsp3) is 1.00. The molecule has 0 aromatic heterocycles. The van der Waals surface area contributed by atoms with Gasteiger partial charge in [0.1, 0.15) is 0 Å². The summed E-state index contributed by atoms with van der Waals surface area (Å²) in [5.41, 5.74) is 0. The number of hydrogen-bond donors (Lipinski definition) is 0. The Bertz CT molecular complexity index is 533. The summed E-state index contributed by atoms with van der Waals surface area (Å²) in [6, 6.07) is 0. The van der Waals surface area contributed by atoms with Crippen molar-refractivity contribution in [3.63, 3.8) is 0 Å². The van der Waals surface area contributed by atoms with Crippen LogP contribution >= 0.6 is 39.1 Å².